The average molecular weight is 730 g/mol. The van der Waals surface area contributed by atoms with Gasteiger partial charge in [0.05, 0.1) is 10.4 Å². The molecule has 0 aliphatic rings. The number of benzene rings is 10. The van der Waals surface area contributed by atoms with Crippen LogP contribution < -0.4 is 4.90 Å². The molecule has 11 rings (SSSR count). The molecule has 0 unspecified atom stereocenters. The summed E-state index contributed by atoms with van der Waals surface area (Å²) in [6.07, 6.45) is 0. The molecule has 0 aliphatic heterocycles. The van der Waals surface area contributed by atoms with E-state index < -0.39 is 0 Å². The lowest BCUT2D eigenvalue weighted by Gasteiger charge is -2.26. The summed E-state index contributed by atoms with van der Waals surface area (Å²) in [4.78, 5) is 2.43. The zero-order valence-corrected chi connectivity index (χ0v) is 31.4. The van der Waals surface area contributed by atoms with E-state index in [-0.39, 0.29) is 0 Å². The summed E-state index contributed by atoms with van der Waals surface area (Å²) in [6, 6.07) is 77.7. The van der Waals surface area contributed by atoms with Gasteiger partial charge in [0.1, 0.15) is 0 Å². The van der Waals surface area contributed by atoms with E-state index in [1.807, 2.05) is 11.3 Å². The highest BCUT2D eigenvalue weighted by molar-refractivity contribution is 7.26. The van der Waals surface area contributed by atoms with Crippen molar-refractivity contribution in [3.8, 4) is 33.4 Å². The standard InChI is InChI=1S/C54H35NS/c1-3-15-38(16-4-1)52-47-22-10-9-20-44(47)45-33-29-41(35-49(45)53(52)39-17-5-2-6-18-39)37-26-30-42(31-27-37)55(43-32-28-36-14-7-8-19-40(36)34-43)50-24-13-23-48-46-21-11-12-25-51(46)56-54(48)50/h1-35H. The monoisotopic (exact) mass is 729 g/mol. The van der Waals surface area contributed by atoms with Crippen molar-refractivity contribution in [3.63, 3.8) is 0 Å². The summed E-state index contributed by atoms with van der Waals surface area (Å²) < 4.78 is 2.59. The Morgan fingerprint density at radius 1 is 0.304 bits per heavy atom. The summed E-state index contributed by atoms with van der Waals surface area (Å²) >= 11 is 1.87. The van der Waals surface area contributed by atoms with E-state index in [1.165, 1.54) is 91.6 Å². The highest BCUT2D eigenvalue weighted by Crippen LogP contribution is 2.47. The van der Waals surface area contributed by atoms with Crippen LogP contribution in [-0.2, 0) is 0 Å². The van der Waals surface area contributed by atoms with Gasteiger partial charge in [-0.15, -0.1) is 11.3 Å². The van der Waals surface area contributed by atoms with E-state index in [1.54, 1.807) is 0 Å². The molecule has 0 radical (unpaired) electrons. The Balaban J connectivity index is 1.10. The zero-order valence-electron chi connectivity index (χ0n) is 30.6. The lowest BCUT2D eigenvalue weighted by molar-refractivity contribution is 1.31. The third-order valence-electron chi connectivity index (χ3n) is 11.2. The predicted molar refractivity (Wildman–Crippen MR) is 243 cm³/mol. The Bertz CT molecular complexity index is 3230. The second kappa shape index (κ2) is 13.4. The van der Waals surface area contributed by atoms with E-state index in [0.29, 0.717) is 0 Å². The molecular formula is C54H35NS. The average Bonchev–Trinajstić information content (AvgIpc) is 3.66. The summed E-state index contributed by atoms with van der Waals surface area (Å²) in [5.74, 6) is 0. The summed E-state index contributed by atoms with van der Waals surface area (Å²) in [5.41, 5.74) is 10.8. The highest BCUT2D eigenvalue weighted by atomic mass is 32.1. The summed E-state index contributed by atoms with van der Waals surface area (Å²) in [5, 5.41) is 10.1. The van der Waals surface area contributed by atoms with Gasteiger partial charge in [-0.2, -0.15) is 0 Å². The maximum atomic E-state index is 2.43. The van der Waals surface area contributed by atoms with Gasteiger partial charge >= 0.3 is 0 Å². The van der Waals surface area contributed by atoms with Gasteiger partial charge < -0.3 is 4.90 Å². The van der Waals surface area contributed by atoms with Crippen LogP contribution in [0.1, 0.15) is 0 Å². The molecule has 262 valence electrons. The van der Waals surface area contributed by atoms with Gasteiger partial charge in [-0.3, -0.25) is 0 Å². The van der Waals surface area contributed by atoms with Crippen LogP contribution in [0.3, 0.4) is 0 Å². The van der Waals surface area contributed by atoms with Crippen LogP contribution in [0, 0.1) is 0 Å². The molecule has 11 aromatic rings. The predicted octanol–water partition coefficient (Wildman–Crippen LogP) is 16.0. The Kier molecular flexibility index (Phi) is 7.75. The normalized spacial score (nSPS) is 11.6. The van der Waals surface area contributed by atoms with Crippen LogP contribution in [0.15, 0.2) is 212 Å². The molecule has 0 amide bonds. The van der Waals surface area contributed by atoms with Crippen molar-refractivity contribution >= 4 is 80.9 Å². The quantitative estimate of drug-likeness (QED) is 0.154. The largest absolute Gasteiger partial charge is 0.309 e. The van der Waals surface area contributed by atoms with Crippen molar-refractivity contribution in [2.45, 2.75) is 0 Å². The maximum absolute atomic E-state index is 2.43. The van der Waals surface area contributed by atoms with Gasteiger partial charge in [-0.1, -0.05) is 170 Å². The van der Waals surface area contributed by atoms with Crippen LogP contribution in [0.4, 0.5) is 17.1 Å². The van der Waals surface area contributed by atoms with Crippen molar-refractivity contribution < 1.29 is 0 Å². The third-order valence-corrected chi connectivity index (χ3v) is 12.4. The molecule has 0 aliphatic carbocycles. The molecule has 2 heteroatoms. The van der Waals surface area contributed by atoms with Crippen LogP contribution in [-0.4, -0.2) is 0 Å². The van der Waals surface area contributed by atoms with Gasteiger partial charge in [0, 0.05) is 26.8 Å². The number of fused-ring (bicyclic) bond motifs is 7. The van der Waals surface area contributed by atoms with Crippen molar-refractivity contribution in [1.82, 2.24) is 0 Å². The minimum Gasteiger partial charge on any atom is -0.309 e. The highest BCUT2D eigenvalue weighted by Gasteiger charge is 2.20. The Hall–Kier alpha value is -7.00. The molecule has 0 N–H and O–H groups in total. The fraction of sp³-hybridized carbons (Fsp3) is 0. The minimum absolute atomic E-state index is 1.12. The fourth-order valence-electron chi connectivity index (χ4n) is 8.63. The number of rotatable bonds is 6. The van der Waals surface area contributed by atoms with Crippen LogP contribution >= 0.6 is 11.3 Å². The zero-order chi connectivity index (χ0) is 37.0. The SMILES string of the molecule is c1ccc(-c2c(-c3ccccc3)c3cc(-c4ccc(N(c5ccc6ccccc6c5)c5cccc6c5sc5ccccc56)cc4)ccc3c3ccccc23)cc1. The molecule has 0 spiro atoms. The number of thiophene rings is 1. The lowest BCUT2D eigenvalue weighted by atomic mass is 9.84. The van der Waals surface area contributed by atoms with Gasteiger partial charge in [-0.25, -0.2) is 0 Å². The number of anilines is 3. The second-order valence-corrected chi connectivity index (χ2v) is 15.5. The molecule has 0 saturated heterocycles. The summed E-state index contributed by atoms with van der Waals surface area (Å²) in [6.45, 7) is 0. The molecular weight excluding hydrogens is 695 g/mol. The molecule has 0 fully saturated rings. The van der Waals surface area contributed by atoms with Crippen molar-refractivity contribution in [1.29, 1.82) is 0 Å². The second-order valence-electron chi connectivity index (χ2n) is 14.5. The first-order chi connectivity index (χ1) is 27.8. The maximum Gasteiger partial charge on any atom is 0.0640 e. The number of hydrogen-bond donors (Lipinski definition) is 0. The van der Waals surface area contributed by atoms with E-state index in [0.717, 1.165) is 11.4 Å². The number of nitrogens with zero attached hydrogens (tertiary/aromatic N) is 1. The van der Waals surface area contributed by atoms with Crippen LogP contribution in [0.5, 0.6) is 0 Å². The lowest BCUT2D eigenvalue weighted by Crippen LogP contribution is -2.10. The van der Waals surface area contributed by atoms with E-state index >= 15 is 0 Å². The third kappa shape index (κ3) is 5.38. The first-order valence-corrected chi connectivity index (χ1v) is 20.0. The Morgan fingerprint density at radius 3 is 1.64 bits per heavy atom. The van der Waals surface area contributed by atoms with Crippen molar-refractivity contribution in [2.24, 2.45) is 0 Å². The molecule has 0 bridgehead atoms. The van der Waals surface area contributed by atoms with E-state index in [4.69, 9.17) is 0 Å². The topological polar surface area (TPSA) is 3.24 Å². The van der Waals surface area contributed by atoms with Gasteiger partial charge in [0.25, 0.3) is 0 Å². The Morgan fingerprint density at radius 2 is 0.875 bits per heavy atom. The van der Waals surface area contributed by atoms with E-state index in [9.17, 15) is 0 Å². The molecule has 56 heavy (non-hydrogen) atoms. The first-order valence-electron chi connectivity index (χ1n) is 19.2. The molecule has 0 saturated carbocycles. The molecule has 1 nitrogen and oxygen atoms in total. The molecule has 1 aromatic heterocycles. The molecule has 1 heterocycles. The van der Waals surface area contributed by atoms with E-state index in [2.05, 4.69) is 217 Å². The van der Waals surface area contributed by atoms with Gasteiger partial charge in [0.2, 0.25) is 0 Å². The molecule has 0 atom stereocenters. The minimum atomic E-state index is 1.12. The van der Waals surface area contributed by atoms with Gasteiger partial charge in [0.15, 0.2) is 0 Å². The fourth-order valence-corrected chi connectivity index (χ4v) is 9.84. The summed E-state index contributed by atoms with van der Waals surface area (Å²) in [7, 11) is 0. The molecule has 10 aromatic carbocycles. The number of hydrogen-bond acceptors (Lipinski definition) is 2. The smallest absolute Gasteiger partial charge is 0.0640 e. The van der Waals surface area contributed by atoms with Gasteiger partial charge in [-0.05, 0) is 108 Å². The Labute approximate surface area is 330 Å². The van der Waals surface area contributed by atoms with Crippen LogP contribution in [0.25, 0.3) is 85.9 Å². The van der Waals surface area contributed by atoms with Crippen LogP contribution in [0.2, 0.25) is 0 Å². The van der Waals surface area contributed by atoms with Crippen molar-refractivity contribution in [3.05, 3.63) is 212 Å². The van der Waals surface area contributed by atoms with Crippen molar-refractivity contribution in [2.75, 3.05) is 4.90 Å². The first kappa shape index (κ1) is 32.4.